The SMILES string of the molecule is CC(C)C1Cc2ccccc2C(=O)C1C(F)(F)C(F)(F)C(F)(F)C(F)(F)F. The number of ketones is 1. The highest BCUT2D eigenvalue weighted by Crippen LogP contribution is 2.58. The van der Waals surface area contributed by atoms with Crippen LogP contribution in [-0.4, -0.2) is 29.7 Å². The Labute approximate surface area is 148 Å². The van der Waals surface area contributed by atoms with Gasteiger partial charge in [-0.05, 0) is 23.8 Å². The number of hydrogen-bond acceptors (Lipinski definition) is 1. The fourth-order valence-electron chi connectivity index (χ4n) is 3.31. The zero-order valence-electron chi connectivity index (χ0n) is 14.1. The molecule has 1 nitrogen and oxygen atoms in total. The molecule has 0 saturated heterocycles. The lowest BCUT2D eigenvalue weighted by atomic mass is 9.66. The zero-order valence-corrected chi connectivity index (χ0v) is 14.1. The van der Waals surface area contributed by atoms with Crippen molar-refractivity contribution in [1.82, 2.24) is 0 Å². The van der Waals surface area contributed by atoms with Crippen LogP contribution in [0.25, 0.3) is 0 Å². The summed E-state index contributed by atoms with van der Waals surface area (Å²) in [5.74, 6) is -26.7. The Morgan fingerprint density at radius 2 is 1.41 bits per heavy atom. The topological polar surface area (TPSA) is 17.1 Å². The summed E-state index contributed by atoms with van der Waals surface area (Å²) < 4.78 is 120. The van der Waals surface area contributed by atoms with E-state index in [1.165, 1.54) is 32.0 Å². The van der Waals surface area contributed by atoms with Gasteiger partial charge in [-0.25, -0.2) is 0 Å². The van der Waals surface area contributed by atoms with Crippen molar-refractivity contribution < 1.29 is 44.3 Å². The van der Waals surface area contributed by atoms with Gasteiger partial charge in [0.2, 0.25) is 0 Å². The molecule has 1 aliphatic carbocycles. The lowest BCUT2D eigenvalue weighted by Gasteiger charge is -2.43. The van der Waals surface area contributed by atoms with Crippen LogP contribution in [0.4, 0.5) is 39.5 Å². The maximum atomic E-state index is 14.5. The molecule has 0 aromatic heterocycles. The van der Waals surface area contributed by atoms with Gasteiger partial charge in [-0.3, -0.25) is 4.79 Å². The number of hydrogen-bond donors (Lipinski definition) is 0. The maximum absolute atomic E-state index is 14.5. The minimum absolute atomic E-state index is 0.249. The van der Waals surface area contributed by atoms with E-state index in [0.717, 1.165) is 6.07 Å². The highest BCUT2D eigenvalue weighted by atomic mass is 19.4. The minimum Gasteiger partial charge on any atom is -0.294 e. The molecular weight excluding hydrogens is 391 g/mol. The molecule has 1 aromatic rings. The molecule has 0 heterocycles. The van der Waals surface area contributed by atoms with E-state index >= 15 is 0 Å². The van der Waals surface area contributed by atoms with Gasteiger partial charge in [-0.1, -0.05) is 38.1 Å². The first-order valence-corrected chi connectivity index (χ1v) is 7.89. The second-order valence-corrected chi connectivity index (χ2v) is 6.88. The number of Topliss-reactive ketones (excluding diaryl/α,β-unsaturated/α-hetero) is 1. The summed E-state index contributed by atoms with van der Waals surface area (Å²) >= 11 is 0. The summed E-state index contributed by atoms with van der Waals surface area (Å²) in [5, 5.41) is 0. The molecule has 0 radical (unpaired) electrons. The van der Waals surface area contributed by atoms with E-state index in [1.54, 1.807) is 0 Å². The second kappa shape index (κ2) is 6.41. The van der Waals surface area contributed by atoms with Crippen molar-refractivity contribution in [3.05, 3.63) is 35.4 Å². The van der Waals surface area contributed by atoms with E-state index in [9.17, 15) is 44.3 Å². The second-order valence-electron chi connectivity index (χ2n) is 6.88. The van der Waals surface area contributed by atoms with Gasteiger partial charge < -0.3 is 0 Å². The van der Waals surface area contributed by atoms with Gasteiger partial charge in [0.25, 0.3) is 0 Å². The Morgan fingerprint density at radius 3 is 1.89 bits per heavy atom. The van der Waals surface area contributed by atoms with Crippen LogP contribution in [-0.2, 0) is 6.42 Å². The first-order valence-electron chi connectivity index (χ1n) is 7.89. The third-order valence-corrected chi connectivity index (χ3v) is 4.86. The normalized spacial score (nSPS) is 22.1. The lowest BCUT2D eigenvalue weighted by molar-refractivity contribution is -0.402. The molecular formula is C17H15F9O. The average molecular weight is 406 g/mol. The van der Waals surface area contributed by atoms with Gasteiger partial charge >= 0.3 is 23.9 Å². The number of rotatable bonds is 4. The van der Waals surface area contributed by atoms with Crippen LogP contribution in [0.15, 0.2) is 24.3 Å². The van der Waals surface area contributed by atoms with Crippen molar-refractivity contribution in [2.75, 3.05) is 0 Å². The van der Waals surface area contributed by atoms with Gasteiger partial charge in [-0.2, -0.15) is 39.5 Å². The van der Waals surface area contributed by atoms with E-state index in [0.29, 0.717) is 0 Å². The molecule has 0 aliphatic heterocycles. The molecule has 1 aromatic carbocycles. The smallest absolute Gasteiger partial charge is 0.294 e. The van der Waals surface area contributed by atoms with Crippen molar-refractivity contribution in [1.29, 1.82) is 0 Å². The van der Waals surface area contributed by atoms with Crippen LogP contribution in [0.1, 0.15) is 29.8 Å². The predicted molar refractivity (Wildman–Crippen MR) is 77.2 cm³/mol. The predicted octanol–water partition coefficient (Wildman–Crippen LogP) is 5.78. The quantitative estimate of drug-likeness (QED) is 0.580. The van der Waals surface area contributed by atoms with E-state index in [1.807, 2.05) is 0 Å². The van der Waals surface area contributed by atoms with E-state index in [-0.39, 0.29) is 17.5 Å². The van der Waals surface area contributed by atoms with Gasteiger partial charge in [0.05, 0.1) is 5.92 Å². The highest BCUT2D eigenvalue weighted by molar-refractivity contribution is 6.01. The summed E-state index contributed by atoms with van der Waals surface area (Å²) in [7, 11) is 0. The largest absolute Gasteiger partial charge is 0.460 e. The number of fused-ring (bicyclic) bond motifs is 1. The van der Waals surface area contributed by atoms with Crippen molar-refractivity contribution >= 4 is 5.78 Å². The van der Waals surface area contributed by atoms with Crippen LogP contribution in [0, 0.1) is 17.8 Å². The van der Waals surface area contributed by atoms with Gasteiger partial charge in [-0.15, -0.1) is 0 Å². The van der Waals surface area contributed by atoms with Gasteiger partial charge in [0.1, 0.15) is 0 Å². The summed E-state index contributed by atoms with van der Waals surface area (Å²) in [4.78, 5) is 12.5. The first kappa shape index (κ1) is 21.6. The fraction of sp³-hybridized carbons (Fsp3) is 0.588. The van der Waals surface area contributed by atoms with E-state index in [4.69, 9.17) is 0 Å². The van der Waals surface area contributed by atoms with Gasteiger partial charge in [0, 0.05) is 5.56 Å². The van der Waals surface area contributed by atoms with Crippen molar-refractivity contribution in [2.24, 2.45) is 17.8 Å². The first-order chi connectivity index (χ1) is 12.1. The molecule has 0 N–H and O–H groups in total. The number of halogens is 9. The monoisotopic (exact) mass is 406 g/mol. The summed E-state index contributed by atoms with van der Waals surface area (Å²) in [6.45, 7) is 2.60. The fourth-order valence-corrected chi connectivity index (χ4v) is 3.31. The van der Waals surface area contributed by atoms with Crippen molar-refractivity contribution in [3.8, 4) is 0 Å². The molecule has 10 heteroatoms. The molecule has 2 rings (SSSR count). The Balaban J connectivity index is 2.63. The third-order valence-electron chi connectivity index (χ3n) is 4.86. The number of alkyl halides is 9. The molecule has 0 amide bonds. The third kappa shape index (κ3) is 3.10. The molecule has 0 spiro atoms. The molecule has 0 saturated carbocycles. The Bertz CT molecular complexity index is 721. The van der Waals surface area contributed by atoms with Crippen LogP contribution in [0.2, 0.25) is 0 Å². The number of carbonyl (C=O) groups is 1. The zero-order chi connectivity index (χ0) is 21.0. The number of benzene rings is 1. The summed E-state index contributed by atoms with van der Waals surface area (Å²) in [5.41, 5.74) is -0.135. The molecule has 152 valence electrons. The summed E-state index contributed by atoms with van der Waals surface area (Å²) in [6, 6.07) is 5.16. The molecule has 0 bridgehead atoms. The standard InChI is InChI=1S/C17H15F9O/c1-8(2)11-7-9-5-3-4-6-10(9)13(27)12(11)14(18,19)15(20,21)16(22,23)17(24,25)26/h3-6,8,11-12H,7H2,1-2H3. The van der Waals surface area contributed by atoms with Crippen LogP contribution < -0.4 is 0 Å². The Morgan fingerprint density at radius 1 is 0.889 bits per heavy atom. The van der Waals surface area contributed by atoms with Crippen LogP contribution >= 0.6 is 0 Å². The van der Waals surface area contributed by atoms with E-state index < -0.39 is 47.5 Å². The Hall–Kier alpha value is -1.74. The average Bonchev–Trinajstić information content (AvgIpc) is 2.52. The molecule has 2 unspecified atom stereocenters. The lowest BCUT2D eigenvalue weighted by Crippen LogP contribution is -2.65. The maximum Gasteiger partial charge on any atom is 0.460 e. The Kier molecular flexibility index (Phi) is 5.12. The molecule has 27 heavy (non-hydrogen) atoms. The summed E-state index contributed by atoms with van der Waals surface area (Å²) in [6.07, 6.45) is -7.24. The highest BCUT2D eigenvalue weighted by Gasteiger charge is 2.84. The van der Waals surface area contributed by atoms with Crippen LogP contribution in [0.5, 0.6) is 0 Å². The molecule has 2 atom stereocenters. The molecule has 1 aliphatic rings. The number of carbonyl (C=O) groups excluding carboxylic acids is 1. The van der Waals surface area contributed by atoms with Crippen molar-refractivity contribution in [3.63, 3.8) is 0 Å². The van der Waals surface area contributed by atoms with E-state index in [2.05, 4.69) is 0 Å². The van der Waals surface area contributed by atoms with Gasteiger partial charge in [0.15, 0.2) is 5.78 Å². The van der Waals surface area contributed by atoms with Crippen LogP contribution in [0.3, 0.4) is 0 Å². The molecule has 0 fully saturated rings. The van der Waals surface area contributed by atoms with Crippen molar-refractivity contribution in [2.45, 2.75) is 44.2 Å². The minimum atomic E-state index is -7.01.